The molecule has 0 bridgehead atoms. The Labute approximate surface area is 128 Å². The summed E-state index contributed by atoms with van der Waals surface area (Å²) in [5, 5.41) is 0. The van der Waals surface area contributed by atoms with Crippen LogP contribution < -0.4 is 15.9 Å². The Morgan fingerprint density at radius 3 is 2.77 bits per heavy atom. The number of nitrogens with one attached hydrogen (secondary N) is 1. The van der Waals surface area contributed by atoms with E-state index in [1.165, 1.54) is 19.4 Å². The number of aromatic amines is 1. The van der Waals surface area contributed by atoms with Crippen LogP contribution in [0.3, 0.4) is 0 Å². The lowest BCUT2D eigenvalue weighted by molar-refractivity contribution is -0.130. The molecule has 1 aromatic rings. The number of piperidine rings is 1. The van der Waals surface area contributed by atoms with Crippen molar-refractivity contribution in [3.8, 4) is 5.75 Å². The molecule has 7 heteroatoms. The first-order valence-electron chi connectivity index (χ1n) is 7.29. The van der Waals surface area contributed by atoms with E-state index in [1.54, 1.807) is 4.90 Å². The topological polar surface area (TPSA) is 105 Å². The fourth-order valence-corrected chi connectivity index (χ4v) is 2.88. The van der Waals surface area contributed by atoms with E-state index in [1.807, 2.05) is 6.92 Å². The number of rotatable bonds is 4. The Hall–Kier alpha value is -2.31. The van der Waals surface area contributed by atoms with Gasteiger partial charge in [0, 0.05) is 25.4 Å². The lowest BCUT2D eigenvalue weighted by Gasteiger charge is -2.40. The first-order valence-corrected chi connectivity index (χ1v) is 7.29. The monoisotopic (exact) mass is 307 g/mol. The molecule has 1 fully saturated rings. The van der Waals surface area contributed by atoms with Gasteiger partial charge in [-0.05, 0) is 19.3 Å². The van der Waals surface area contributed by atoms with Crippen molar-refractivity contribution in [3.05, 3.63) is 28.2 Å². The summed E-state index contributed by atoms with van der Waals surface area (Å²) >= 11 is 0. The van der Waals surface area contributed by atoms with Crippen molar-refractivity contribution < 1.29 is 14.3 Å². The molecule has 0 aromatic carbocycles. The van der Waals surface area contributed by atoms with Crippen LogP contribution in [0.25, 0.3) is 0 Å². The van der Waals surface area contributed by atoms with Gasteiger partial charge in [-0.3, -0.25) is 14.4 Å². The van der Waals surface area contributed by atoms with Crippen LogP contribution in [0.1, 0.15) is 36.7 Å². The van der Waals surface area contributed by atoms with Crippen LogP contribution in [0.4, 0.5) is 0 Å². The molecular weight excluding hydrogens is 286 g/mol. The highest BCUT2D eigenvalue weighted by Gasteiger charge is 2.40. The fraction of sp³-hybridized carbons (Fsp3) is 0.533. The number of primary amides is 1. The van der Waals surface area contributed by atoms with Gasteiger partial charge in [0.2, 0.25) is 11.3 Å². The highest BCUT2D eigenvalue weighted by atomic mass is 16.5. The Bertz CT molecular complexity index is 640. The van der Waals surface area contributed by atoms with Gasteiger partial charge in [-0.2, -0.15) is 0 Å². The average Bonchev–Trinajstić information content (AvgIpc) is 2.53. The van der Waals surface area contributed by atoms with E-state index in [-0.39, 0.29) is 35.2 Å². The Balaban J connectivity index is 2.24. The van der Waals surface area contributed by atoms with Crippen LogP contribution >= 0.6 is 0 Å². The maximum absolute atomic E-state index is 12.5. The molecule has 0 radical (unpaired) electrons. The van der Waals surface area contributed by atoms with Gasteiger partial charge in [0.25, 0.3) is 5.91 Å². The molecule has 0 aliphatic carbocycles. The first kappa shape index (κ1) is 16.1. The van der Waals surface area contributed by atoms with Crippen LogP contribution in [0, 0.1) is 5.41 Å². The molecule has 1 atom stereocenters. The summed E-state index contributed by atoms with van der Waals surface area (Å²) in [5.41, 5.74) is 4.66. The number of nitrogens with two attached hydrogens (primary N) is 1. The van der Waals surface area contributed by atoms with Crippen molar-refractivity contribution in [1.82, 2.24) is 9.88 Å². The second-order valence-corrected chi connectivity index (χ2v) is 5.61. The van der Waals surface area contributed by atoms with Crippen molar-refractivity contribution >= 4 is 11.8 Å². The number of aromatic nitrogens is 1. The largest absolute Gasteiger partial charge is 0.491 e. The molecule has 0 saturated carbocycles. The number of H-pyrrole nitrogens is 1. The molecular formula is C15H21N3O4. The second-order valence-electron chi connectivity index (χ2n) is 5.61. The molecule has 0 spiro atoms. The van der Waals surface area contributed by atoms with Gasteiger partial charge in [0.05, 0.1) is 12.5 Å². The van der Waals surface area contributed by atoms with Crippen LogP contribution in [-0.2, 0) is 4.79 Å². The van der Waals surface area contributed by atoms with E-state index >= 15 is 0 Å². The average molecular weight is 307 g/mol. The van der Waals surface area contributed by atoms with Crippen LogP contribution in [0.2, 0.25) is 0 Å². The zero-order valence-corrected chi connectivity index (χ0v) is 12.8. The highest BCUT2D eigenvalue weighted by molar-refractivity contribution is 5.93. The number of likely N-dealkylation sites (tertiary alicyclic amines) is 1. The molecule has 22 heavy (non-hydrogen) atoms. The predicted molar refractivity (Wildman–Crippen MR) is 80.7 cm³/mol. The van der Waals surface area contributed by atoms with Gasteiger partial charge >= 0.3 is 0 Å². The summed E-state index contributed by atoms with van der Waals surface area (Å²) < 4.78 is 4.88. The number of carbonyl (C=O) groups is 2. The second kappa shape index (κ2) is 6.21. The minimum absolute atomic E-state index is 0.148. The number of ether oxygens (including phenoxy) is 1. The highest BCUT2D eigenvalue weighted by Crippen LogP contribution is 2.33. The summed E-state index contributed by atoms with van der Waals surface area (Å²) in [6.45, 7) is 2.72. The van der Waals surface area contributed by atoms with Crippen LogP contribution in [0.15, 0.2) is 17.1 Å². The maximum Gasteiger partial charge on any atom is 0.270 e. The third-order valence-corrected chi connectivity index (χ3v) is 4.39. The number of methoxy groups -OCH3 is 1. The molecule has 1 saturated heterocycles. The minimum Gasteiger partial charge on any atom is -0.491 e. The quantitative estimate of drug-likeness (QED) is 0.845. The predicted octanol–water partition coefficient (Wildman–Crippen LogP) is 0.501. The van der Waals surface area contributed by atoms with Crippen molar-refractivity contribution in [3.63, 3.8) is 0 Å². The third-order valence-electron chi connectivity index (χ3n) is 4.39. The van der Waals surface area contributed by atoms with E-state index in [2.05, 4.69) is 4.98 Å². The normalized spacial score (nSPS) is 21.5. The molecule has 1 aromatic heterocycles. The maximum atomic E-state index is 12.5. The standard InChI is InChI=1S/C15H21N3O4/c1-3-15(14(16)21)5-4-6-18(9-15)13(20)10-7-11(19)12(22-2)8-17-10/h7-8H,3-6,9H2,1-2H3,(H2,16,21)(H,17,19)/t15-/m1/s1. The third kappa shape index (κ3) is 2.84. The molecule has 2 rings (SSSR count). The summed E-state index contributed by atoms with van der Waals surface area (Å²) in [5.74, 6) is -0.538. The molecule has 2 amide bonds. The van der Waals surface area contributed by atoms with E-state index in [0.29, 0.717) is 25.8 Å². The number of hydrogen-bond donors (Lipinski definition) is 2. The van der Waals surface area contributed by atoms with Gasteiger partial charge < -0.3 is 20.4 Å². The first-order chi connectivity index (χ1) is 10.4. The summed E-state index contributed by atoms with van der Waals surface area (Å²) in [6, 6.07) is 1.22. The fourth-order valence-electron chi connectivity index (χ4n) is 2.88. The number of nitrogens with zero attached hydrogens (tertiary/aromatic N) is 1. The zero-order valence-electron chi connectivity index (χ0n) is 12.8. The lowest BCUT2D eigenvalue weighted by atomic mass is 9.77. The molecule has 120 valence electrons. The molecule has 7 nitrogen and oxygen atoms in total. The van der Waals surface area contributed by atoms with Crippen molar-refractivity contribution in [2.75, 3.05) is 20.2 Å². The smallest absolute Gasteiger partial charge is 0.270 e. The molecule has 0 unspecified atom stereocenters. The van der Waals surface area contributed by atoms with Gasteiger partial charge in [-0.15, -0.1) is 0 Å². The lowest BCUT2D eigenvalue weighted by Crippen LogP contribution is -2.52. The number of carbonyl (C=O) groups excluding carboxylic acids is 2. The van der Waals surface area contributed by atoms with Gasteiger partial charge in [0.15, 0.2) is 5.75 Å². The van der Waals surface area contributed by atoms with Crippen molar-refractivity contribution in [2.45, 2.75) is 26.2 Å². The van der Waals surface area contributed by atoms with Crippen LogP contribution in [-0.4, -0.2) is 41.9 Å². The Kier molecular flexibility index (Phi) is 4.54. The molecule has 1 aliphatic rings. The molecule has 3 N–H and O–H groups in total. The molecule has 2 heterocycles. The molecule has 1 aliphatic heterocycles. The van der Waals surface area contributed by atoms with Crippen LogP contribution in [0.5, 0.6) is 5.75 Å². The van der Waals surface area contributed by atoms with Gasteiger partial charge in [-0.1, -0.05) is 6.92 Å². The van der Waals surface area contributed by atoms with E-state index in [0.717, 1.165) is 0 Å². The zero-order chi connectivity index (χ0) is 16.3. The summed E-state index contributed by atoms with van der Waals surface area (Å²) in [7, 11) is 1.39. The Morgan fingerprint density at radius 2 is 2.23 bits per heavy atom. The van der Waals surface area contributed by atoms with Gasteiger partial charge in [-0.25, -0.2) is 0 Å². The van der Waals surface area contributed by atoms with E-state index < -0.39 is 5.41 Å². The van der Waals surface area contributed by atoms with E-state index in [9.17, 15) is 14.4 Å². The number of pyridine rings is 1. The summed E-state index contributed by atoms with van der Waals surface area (Å²) in [6.07, 6.45) is 3.34. The SMILES string of the molecule is CC[C@@]1(C(N)=O)CCCN(C(=O)c2cc(=O)c(OC)c[nH]2)C1. The summed E-state index contributed by atoms with van der Waals surface area (Å²) in [4.78, 5) is 40.4. The number of amides is 2. The number of hydrogen-bond acceptors (Lipinski definition) is 4. The minimum atomic E-state index is -0.680. The van der Waals surface area contributed by atoms with Gasteiger partial charge in [0.1, 0.15) is 5.69 Å². The van der Waals surface area contributed by atoms with Crippen molar-refractivity contribution in [1.29, 1.82) is 0 Å². The van der Waals surface area contributed by atoms with E-state index in [4.69, 9.17) is 10.5 Å². The van der Waals surface area contributed by atoms with Crippen molar-refractivity contribution in [2.24, 2.45) is 11.1 Å². The Morgan fingerprint density at radius 1 is 1.50 bits per heavy atom.